The average Bonchev–Trinajstić information content (AvgIpc) is 2.48. The fraction of sp³-hybridized carbons (Fsp3) is 0.933. The number of hydrogen-bond donors (Lipinski definition) is 1. The first-order chi connectivity index (χ1) is 10.4. The van der Waals surface area contributed by atoms with E-state index in [0.717, 1.165) is 19.0 Å². The van der Waals surface area contributed by atoms with Gasteiger partial charge in [0.1, 0.15) is 0 Å². The molecular formula is C15H29N3O3S. The lowest BCUT2D eigenvalue weighted by molar-refractivity contribution is -0.122. The molecular weight excluding hydrogens is 302 g/mol. The van der Waals surface area contributed by atoms with Crippen LogP contribution in [0, 0.1) is 5.92 Å². The molecule has 1 amide bonds. The fourth-order valence-corrected chi connectivity index (χ4v) is 4.30. The van der Waals surface area contributed by atoms with Crippen LogP contribution in [0.2, 0.25) is 0 Å². The van der Waals surface area contributed by atoms with Gasteiger partial charge in [-0.15, -0.1) is 0 Å². The van der Waals surface area contributed by atoms with Crippen molar-refractivity contribution < 1.29 is 13.2 Å². The lowest BCUT2D eigenvalue weighted by Gasteiger charge is -2.35. The van der Waals surface area contributed by atoms with Crippen LogP contribution in [0.25, 0.3) is 0 Å². The highest BCUT2D eigenvalue weighted by Gasteiger charge is 2.24. The summed E-state index contributed by atoms with van der Waals surface area (Å²) in [6.45, 7) is 8.58. The number of carbonyl (C=O) groups excluding carboxylic acids is 1. The van der Waals surface area contributed by atoms with E-state index in [1.165, 1.54) is 12.8 Å². The molecule has 0 radical (unpaired) electrons. The highest BCUT2D eigenvalue weighted by atomic mass is 32.2. The maximum absolute atomic E-state index is 12.0. The molecule has 2 rings (SSSR count). The summed E-state index contributed by atoms with van der Waals surface area (Å²) < 4.78 is 22.7. The van der Waals surface area contributed by atoms with Crippen LogP contribution in [-0.4, -0.2) is 80.9 Å². The Morgan fingerprint density at radius 1 is 1.18 bits per heavy atom. The number of carbonyl (C=O) groups is 1. The molecule has 0 aliphatic carbocycles. The molecule has 2 aliphatic heterocycles. The number of hydrogen-bond acceptors (Lipinski definition) is 5. The number of sulfone groups is 1. The van der Waals surface area contributed by atoms with Gasteiger partial charge in [0.2, 0.25) is 5.91 Å². The molecule has 2 aliphatic rings. The van der Waals surface area contributed by atoms with Gasteiger partial charge in [0.15, 0.2) is 9.84 Å². The van der Waals surface area contributed by atoms with Gasteiger partial charge >= 0.3 is 0 Å². The highest BCUT2D eigenvalue weighted by Crippen LogP contribution is 2.17. The minimum atomic E-state index is -2.88. The van der Waals surface area contributed by atoms with E-state index in [1.54, 1.807) is 0 Å². The smallest absolute Gasteiger partial charge is 0.234 e. The molecule has 0 aromatic rings. The Kier molecular flexibility index (Phi) is 6.23. The number of nitrogens with zero attached hydrogens (tertiary/aromatic N) is 2. The van der Waals surface area contributed by atoms with Crippen molar-refractivity contribution in [3.63, 3.8) is 0 Å². The second kappa shape index (κ2) is 7.75. The third-order valence-electron chi connectivity index (χ3n) is 4.84. The molecule has 0 aromatic carbocycles. The van der Waals surface area contributed by atoms with Crippen molar-refractivity contribution >= 4 is 15.7 Å². The molecule has 1 N–H and O–H groups in total. The van der Waals surface area contributed by atoms with Gasteiger partial charge in [-0.05, 0) is 38.8 Å². The third kappa shape index (κ3) is 5.52. The van der Waals surface area contributed by atoms with Gasteiger partial charge in [0.25, 0.3) is 0 Å². The summed E-state index contributed by atoms with van der Waals surface area (Å²) in [4.78, 5) is 16.3. The number of likely N-dealkylation sites (tertiary alicyclic amines) is 1. The zero-order valence-corrected chi connectivity index (χ0v) is 14.6. The lowest BCUT2D eigenvalue weighted by atomic mass is 9.98. The maximum atomic E-state index is 12.0. The van der Waals surface area contributed by atoms with Crippen LogP contribution in [0.1, 0.15) is 26.7 Å². The SMILES string of the molecule is CC1CCN([C@@H](C)CNC(=O)CN2CCS(=O)(=O)CC2)CC1. The molecule has 7 heteroatoms. The standard InChI is InChI=1S/C15H29N3O3S/c1-13-3-5-18(6-4-13)14(2)11-16-15(19)12-17-7-9-22(20,21)10-8-17/h13-14H,3-12H2,1-2H3,(H,16,19)/t14-/m0/s1. The van der Waals surface area contributed by atoms with Crippen molar-refractivity contribution in [2.45, 2.75) is 32.7 Å². The summed E-state index contributed by atoms with van der Waals surface area (Å²) in [6.07, 6.45) is 2.47. The molecule has 128 valence electrons. The van der Waals surface area contributed by atoms with Gasteiger partial charge in [0.05, 0.1) is 18.1 Å². The Bertz CT molecular complexity index is 458. The quantitative estimate of drug-likeness (QED) is 0.765. The molecule has 2 heterocycles. The summed E-state index contributed by atoms with van der Waals surface area (Å²) in [5.74, 6) is 1.15. The van der Waals surface area contributed by atoms with Gasteiger partial charge in [-0.25, -0.2) is 8.42 Å². The number of piperidine rings is 1. The second-order valence-corrected chi connectivity index (χ2v) is 9.10. The van der Waals surface area contributed by atoms with Crippen LogP contribution in [0.4, 0.5) is 0 Å². The van der Waals surface area contributed by atoms with E-state index in [0.29, 0.717) is 32.2 Å². The maximum Gasteiger partial charge on any atom is 0.234 e. The summed E-state index contributed by atoms with van der Waals surface area (Å²) in [7, 11) is -2.88. The summed E-state index contributed by atoms with van der Waals surface area (Å²) in [5, 5.41) is 2.99. The molecule has 1 atom stereocenters. The minimum absolute atomic E-state index is 0.00322. The predicted octanol–water partition coefficient (Wildman–Crippen LogP) is -0.0466. The van der Waals surface area contributed by atoms with Crippen molar-refractivity contribution in [3.8, 4) is 0 Å². The molecule has 0 unspecified atom stereocenters. The van der Waals surface area contributed by atoms with E-state index >= 15 is 0 Å². The van der Waals surface area contributed by atoms with Crippen LogP contribution >= 0.6 is 0 Å². The highest BCUT2D eigenvalue weighted by molar-refractivity contribution is 7.91. The van der Waals surface area contributed by atoms with E-state index in [9.17, 15) is 13.2 Å². The van der Waals surface area contributed by atoms with E-state index in [-0.39, 0.29) is 17.4 Å². The topological polar surface area (TPSA) is 69.7 Å². The number of rotatable bonds is 5. The van der Waals surface area contributed by atoms with Gasteiger partial charge < -0.3 is 5.32 Å². The molecule has 0 spiro atoms. The monoisotopic (exact) mass is 331 g/mol. The number of amides is 1. The van der Waals surface area contributed by atoms with Crippen molar-refractivity contribution in [1.29, 1.82) is 0 Å². The molecule has 2 fully saturated rings. The van der Waals surface area contributed by atoms with E-state index in [2.05, 4.69) is 24.1 Å². The Hall–Kier alpha value is -0.660. The second-order valence-electron chi connectivity index (χ2n) is 6.80. The number of nitrogens with one attached hydrogen (secondary N) is 1. The van der Waals surface area contributed by atoms with Crippen LogP contribution in [0.5, 0.6) is 0 Å². The Morgan fingerprint density at radius 3 is 2.36 bits per heavy atom. The summed E-state index contributed by atoms with van der Waals surface area (Å²) in [5.41, 5.74) is 0. The molecule has 2 saturated heterocycles. The van der Waals surface area contributed by atoms with Crippen molar-refractivity contribution in [3.05, 3.63) is 0 Å². The lowest BCUT2D eigenvalue weighted by Crippen LogP contribution is -2.49. The van der Waals surface area contributed by atoms with Crippen molar-refractivity contribution in [1.82, 2.24) is 15.1 Å². The van der Waals surface area contributed by atoms with Crippen LogP contribution in [0.15, 0.2) is 0 Å². The van der Waals surface area contributed by atoms with Gasteiger partial charge in [-0.1, -0.05) is 6.92 Å². The Morgan fingerprint density at radius 2 is 1.77 bits per heavy atom. The fourth-order valence-electron chi connectivity index (χ4n) is 3.03. The third-order valence-corrected chi connectivity index (χ3v) is 6.45. The van der Waals surface area contributed by atoms with E-state index in [1.807, 2.05) is 4.90 Å². The molecule has 22 heavy (non-hydrogen) atoms. The van der Waals surface area contributed by atoms with Crippen LogP contribution in [-0.2, 0) is 14.6 Å². The zero-order chi connectivity index (χ0) is 16.2. The van der Waals surface area contributed by atoms with Gasteiger partial charge in [-0.3, -0.25) is 14.6 Å². The van der Waals surface area contributed by atoms with E-state index in [4.69, 9.17) is 0 Å². The molecule has 6 nitrogen and oxygen atoms in total. The first kappa shape index (κ1) is 17.7. The van der Waals surface area contributed by atoms with E-state index < -0.39 is 9.84 Å². The Balaban J connectivity index is 1.65. The minimum Gasteiger partial charge on any atom is -0.353 e. The Labute approximate surface area is 134 Å². The van der Waals surface area contributed by atoms with Crippen molar-refractivity contribution in [2.75, 3.05) is 50.8 Å². The van der Waals surface area contributed by atoms with Gasteiger partial charge in [-0.2, -0.15) is 0 Å². The normalized spacial score (nSPS) is 25.7. The van der Waals surface area contributed by atoms with Crippen LogP contribution in [0.3, 0.4) is 0 Å². The average molecular weight is 331 g/mol. The summed E-state index contributed by atoms with van der Waals surface area (Å²) in [6, 6.07) is 0.359. The van der Waals surface area contributed by atoms with Gasteiger partial charge in [0, 0.05) is 25.7 Å². The molecule has 0 saturated carbocycles. The predicted molar refractivity (Wildman–Crippen MR) is 87.5 cm³/mol. The molecule has 0 aromatic heterocycles. The molecule has 0 bridgehead atoms. The largest absolute Gasteiger partial charge is 0.353 e. The van der Waals surface area contributed by atoms with Crippen LogP contribution < -0.4 is 5.32 Å². The zero-order valence-electron chi connectivity index (χ0n) is 13.8. The van der Waals surface area contributed by atoms with Crippen molar-refractivity contribution in [2.24, 2.45) is 5.92 Å². The first-order valence-corrected chi connectivity index (χ1v) is 10.1. The first-order valence-electron chi connectivity index (χ1n) is 8.29. The summed E-state index contributed by atoms with van der Waals surface area (Å²) >= 11 is 0.